The molecular weight excluding hydrogens is 452 g/mol. The molecule has 29 heavy (non-hydrogen) atoms. The van der Waals surface area contributed by atoms with E-state index in [1.807, 2.05) is 42.8 Å². The van der Waals surface area contributed by atoms with Crippen LogP contribution in [0.5, 0.6) is 0 Å². The van der Waals surface area contributed by atoms with Crippen molar-refractivity contribution in [2.75, 3.05) is 18.1 Å². The van der Waals surface area contributed by atoms with Crippen molar-refractivity contribution in [2.24, 2.45) is 7.05 Å². The zero-order chi connectivity index (χ0) is 20.2. The number of nitrogens with zero attached hydrogens (tertiary/aromatic N) is 4. The molecule has 1 aliphatic rings. The summed E-state index contributed by atoms with van der Waals surface area (Å²) in [6, 6.07) is 9.86. The highest BCUT2D eigenvalue weighted by atomic mass is 79.9. The van der Waals surface area contributed by atoms with Gasteiger partial charge in [0.15, 0.2) is 5.13 Å². The minimum Gasteiger partial charge on any atom is -0.376 e. The second kappa shape index (κ2) is 9.02. The quantitative estimate of drug-likeness (QED) is 0.494. The van der Waals surface area contributed by atoms with E-state index in [1.54, 1.807) is 27.9 Å². The van der Waals surface area contributed by atoms with Gasteiger partial charge in [0, 0.05) is 41.3 Å². The van der Waals surface area contributed by atoms with Gasteiger partial charge in [0.25, 0.3) is 5.91 Å². The highest BCUT2D eigenvalue weighted by Gasteiger charge is 2.25. The van der Waals surface area contributed by atoms with E-state index in [2.05, 4.69) is 21.0 Å². The highest BCUT2D eigenvalue weighted by Crippen LogP contribution is 2.29. The van der Waals surface area contributed by atoms with Gasteiger partial charge < -0.3 is 4.74 Å². The van der Waals surface area contributed by atoms with E-state index >= 15 is 0 Å². The van der Waals surface area contributed by atoms with Crippen molar-refractivity contribution in [2.45, 2.75) is 18.9 Å². The second-order valence-electron chi connectivity index (χ2n) is 6.82. The second-order valence-corrected chi connectivity index (χ2v) is 8.57. The predicted octanol–water partition coefficient (Wildman–Crippen LogP) is 4.53. The molecule has 2 aromatic heterocycles. The van der Waals surface area contributed by atoms with Crippen LogP contribution in [0.1, 0.15) is 18.5 Å². The first-order chi connectivity index (χ1) is 14.1. The van der Waals surface area contributed by atoms with Gasteiger partial charge in [-0.05, 0) is 37.1 Å². The number of thiazole rings is 1. The summed E-state index contributed by atoms with van der Waals surface area (Å²) in [6.45, 7) is 1.25. The van der Waals surface area contributed by atoms with Gasteiger partial charge in [-0.2, -0.15) is 5.10 Å². The lowest BCUT2D eigenvalue weighted by Gasteiger charge is -2.21. The molecule has 8 heteroatoms. The maximum Gasteiger partial charge on any atom is 0.252 e. The van der Waals surface area contributed by atoms with E-state index in [-0.39, 0.29) is 12.0 Å². The van der Waals surface area contributed by atoms with Crippen LogP contribution in [-0.2, 0) is 16.6 Å². The summed E-state index contributed by atoms with van der Waals surface area (Å²) < 4.78 is 8.51. The number of rotatable bonds is 6. The number of ether oxygens (including phenoxy) is 1. The van der Waals surface area contributed by atoms with Crippen molar-refractivity contribution in [1.29, 1.82) is 0 Å². The number of anilines is 1. The Morgan fingerprint density at radius 1 is 1.38 bits per heavy atom. The standard InChI is InChI=1S/C21H21BrN4O2S/c1-25-17(10-11-23-25)8-9-20(27)26(13-18-3-2-12-28-18)21-24-19(14-29-21)15-4-6-16(22)7-5-15/h4-11,14,18H,2-3,12-13H2,1H3/b9-8+. The number of hydrogen-bond donors (Lipinski definition) is 0. The molecular formula is C21H21BrN4O2S. The molecule has 0 radical (unpaired) electrons. The Balaban J connectivity index is 1.58. The lowest BCUT2D eigenvalue weighted by molar-refractivity contribution is -0.114. The number of amides is 1. The topological polar surface area (TPSA) is 60.2 Å². The van der Waals surface area contributed by atoms with Gasteiger partial charge in [-0.25, -0.2) is 4.98 Å². The van der Waals surface area contributed by atoms with Crippen LogP contribution in [0.15, 0.2) is 52.5 Å². The number of carbonyl (C=O) groups is 1. The monoisotopic (exact) mass is 472 g/mol. The Morgan fingerprint density at radius 2 is 2.21 bits per heavy atom. The number of aromatic nitrogens is 3. The summed E-state index contributed by atoms with van der Waals surface area (Å²) >= 11 is 4.92. The Kier molecular flexibility index (Phi) is 6.22. The van der Waals surface area contributed by atoms with Crippen LogP contribution in [0.3, 0.4) is 0 Å². The van der Waals surface area contributed by atoms with E-state index in [1.165, 1.54) is 11.3 Å². The number of hydrogen-bond acceptors (Lipinski definition) is 5. The Hall–Kier alpha value is -2.29. The fourth-order valence-corrected chi connectivity index (χ4v) is 4.30. The van der Waals surface area contributed by atoms with Gasteiger partial charge in [-0.1, -0.05) is 28.1 Å². The van der Waals surface area contributed by atoms with Crippen LogP contribution < -0.4 is 4.90 Å². The van der Waals surface area contributed by atoms with Crippen LogP contribution in [0, 0.1) is 0 Å². The van der Waals surface area contributed by atoms with Crippen molar-refractivity contribution in [3.05, 3.63) is 58.2 Å². The SMILES string of the molecule is Cn1nccc1/C=C/C(=O)N(CC1CCCO1)c1nc(-c2ccc(Br)cc2)cs1. The fourth-order valence-electron chi connectivity index (χ4n) is 3.19. The van der Waals surface area contributed by atoms with E-state index in [0.717, 1.165) is 40.9 Å². The van der Waals surface area contributed by atoms with Crippen LogP contribution in [0.25, 0.3) is 17.3 Å². The van der Waals surface area contributed by atoms with E-state index in [4.69, 9.17) is 9.72 Å². The van der Waals surface area contributed by atoms with Crippen molar-refractivity contribution in [3.63, 3.8) is 0 Å². The normalized spacial score (nSPS) is 16.6. The van der Waals surface area contributed by atoms with E-state index < -0.39 is 0 Å². The van der Waals surface area contributed by atoms with E-state index in [9.17, 15) is 4.79 Å². The molecule has 6 nitrogen and oxygen atoms in total. The molecule has 0 bridgehead atoms. The molecule has 0 aliphatic carbocycles. The number of aryl methyl sites for hydroxylation is 1. The molecule has 0 N–H and O–H groups in total. The molecule has 1 fully saturated rings. The first-order valence-electron chi connectivity index (χ1n) is 9.41. The average Bonchev–Trinajstić information content (AvgIpc) is 3.47. The molecule has 1 saturated heterocycles. The molecule has 0 saturated carbocycles. The largest absolute Gasteiger partial charge is 0.376 e. The third kappa shape index (κ3) is 4.83. The van der Waals surface area contributed by atoms with Crippen LogP contribution in [-0.4, -0.2) is 39.9 Å². The van der Waals surface area contributed by atoms with Gasteiger partial charge in [-0.15, -0.1) is 11.3 Å². The van der Waals surface area contributed by atoms with Crippen LogP contribution >= 0.6 is 27.3 Å². The number of halogens is 1. The van der Waals surface area contributed by atoms with Gasteiger partial charge in [0.1, 0.15) is 0 Å². The Labute approximate surface area is 182 Å². The summed E-state index contributed by atoms with van der Waals surface area (Å²) in [6.07, 6.45) is 7.09. The number of benzene rings is 1. The summed E-state index contributed by atoms with van der Waals surface area (Å²) in [7, 11) is 1.85. The van der Waals surface area contributed by atoms with Gasteiger partial charge in [0.2, 0.25) is 0 Å². The van der Waals surface area contributed by atoms with E-state index in [0.29, 0.717) is 11.7 Å². The molecule has 0 spiro atoms. The maximum absolute atomic E-state index is 13.0. The molecule has 1 aromatic carbocycles. The molecule has 3 aromatic rings. The van der Waals surface area contributed by atoms with Crippen LogP contribution in [0.4, 0.5) is 5.13 Å². The summed E-state index contributed by atoms with van der Waals surface area (Å²) in [4.78, 5) is 19.5. The first-order valence-corrected chi connectivity index (χ1v) is 11.1. The Morgan fingerprint density at radius 3 is 2.90 bits per heavy atom. The molecule has 4 rings (SSSR count). The lowest BCUT2D eigenvalue weighted by Crippen LogP contribution is -2.36. The molecule has 1 unspecified atom stereocenters. The third-order valence-electron chi connectivity index (χ3n) is 4.79. The molecule has 150 valence electrons. The van der Waals surface area contributed by atoms with Crippen molar-refractivity contribution < 1.29 is 9.53 Å². The summed E-state index contributed by atoms with van der Waals surface area (Å²) in [5.41, 5.74) is 2.74. The summed E-state index contributed by atoms with van der Waals surface area (Å²) in [5, 5.41) is 6.79. The highest BCUT2D eigenvalue weighted by molar-refractivity contribution is 9.10. The fraction of sp³-hybridized carbons (Fsp3) is 0.286. The maximum atomic E-state index is 13.0. The van der Waals surface area contributed by atoms with Gasteiger partial charge in [-0.3, -0.25) is 14.4 Å². The van der Waals surface area contributed by atoms with Gasteiger partial charge >= 0.3 is 0 Å². The smallest absolute Gasteiger partial charge is 0.252 e. The Bertz CT molecular complexity index is 1010. The molecule has 3 heterocycles. The molecule has 1 atom stereocenters. The average molecular weight is 473 g/mol. The van der Waals surface area contributed by atoms with Crippen LogP contribution in [0.2, 0.25) is 0 Å². The third-order valence-corrected chi connectivity index (χ3v) is 6.19. The zero-order valence-electron chi connectivity index (χ0n) is 16.0. The minimum absolute atomic E-state index is 0.0454. The van der Waals surface area contributed by atoms with Crippen molar-refractivity contribution >= 4 is 44.4 Å². The van der Waals surface area contributed by atoms with Gasteiger partial charge in [0.05, 0.1) is 24.0 Å². The predicted molar refractivity (Wildman–Crippen MR) is 119 cm³/mol. The molecule has 1 amide bonds. The lowest BCUT2D eigenvalue weighted by atomic mass is 10.2. The minimum atomic E-state index is -0.113. The number of carbonyl (C=O) groups excluding carboxylic acids is 1. The molecule has 1 aliphatic heterocycles. The zero-order valence-corrected chi connectivity index (χ0v) is 18.4. The summed E-state index contributed by atoms with van der Waals surface area (Å²) in [5.74, 6) is -0.113. The van der Waals surface area contributed by atoms with Crippen molar-refractivity contribution in [3.8, 4) is 11.3 Å². The van der Waals surface area contributed by atoms with Crippen molar-refractivity contribution in [1.82, 2.24) is 14.8 Å². The first kappa shape index (κ1) is 20.0.